The van der Waals surface area contributed by atoms with E-state index in [0.29, 0.717) is 18.6 Å². The molecule has 0 saturated heterocycles. The van der Waals surface area contributed by atoms with Gasteiger partial charge >= 0.3 is 11.6 Å². The number of aryl methyl sites for hydroxylation is 1. The van der Waals surface area contributed by atoms with Gasteiger partial charge in [-0.1, -0.05) is 35.5 Å². The molecule has 0 bridgehead atoms. The summed E-state index contributed by atoms with van der Waals surface area (Å²) in [5.41, 5.74) is 0.378. The summed E-state index contributed by atoms with van der Waals surface area (Å²) in [4.78, 5) is 31.7. The number of aromatic nitrogens is 2. The molecular formula is C16H17ClN4O4S. The van der Waals surface area contributed by atoms with Crippen LogP contribution in [0.1, 0.15) is 12.0 Å². The number of carbonyl (C=O) groups is 1. The molecule has 1 aromatic heterocycles. The fourth-order valence-electron chi connectivity index (χ4n) is 2.06. The lowest BCUT2D eigenvalue weighted by Crippen LogP contribution is -2.21. The number of amides is 1. The highest BCUT2D eigenvalue weighted by atomic mass is 35.5. The number of halogens is 1. The summed E-state index contributed by atoms with van der Waals surface area (Å²) in [7, 11) is 3.40. The van der Waals surface area contributed by atoms with Gasteiger partial charge in [-0.2, -0.15) is 4.98 Å². The maximum atomic E-state index is 11.7. The summed E-state index contributed by atoms with van der Waals surface area (Å²) in [5.74, 6) is 0.157. The second-order valence-corrected chi connectivity index (χ2v) is 6.58. The lowest BCUT2D eigenvalue weighted by molar-refractivity contribution is -0.386. The number of nitro groups is 1. The lowest BCUT2D eigenvalue weighted by atomic mass is 10.1. The number of ether oxygens (including phenoxy) is 1. The number of hydrogen-bond donors (Lipinski definition) is 0. The highest BCUT2D eigenvalue weighted by Gasteiger charge is 2.25. The molecule has 0 fully saturated rings. The van der Waals surface area contributed by atoms with Crippen molar-refractivity contribution in [3.63, 3.8) is 0 Å². The molecule has 0 unspecified atom stereocenters. The first-order valence-electron chi connectivity index (χ1n) is 7.54. The Labute approximate surface area is 159 Å². The van der Waals surface area contributed by atoms with Crippen LogP contribution >= 0.6 is 23.4 Å². The fourth-order valence-corrected chi connectivity index (χ4v) is 2.69. The summed E-state index contributed by atoms with van der Waals surface area (Å²) in [6, 6.07) is 6.95. The molecule has 0 aliphatic carbocycles. The third-order valence-electron chi connectivity index (χ3n) is 3.39. The smallest absolute Gasteiger partial charge is 0.368 e. The topological polar surface area (TPSA) is 98.5 Å². The zero-order valence-electron chi connectivity index (χ0n) is 14.4. The molecule has 0 aliphatic rings. The first-order chi connectivity index (χ1) is 12.3. The third kappa shape index (κ3) is 5.06. The monoisotopic (exact) mass is 396 g/mol. The Morgan fingerprint density at radius 2 is 2.12 bits per heavy atom. The molecule has 0 N–H and O–H groups in total. The Morgan fingerprint density at radius 3 is 2.73 bits per heavy atom. The number of carbonyl (C=O) groups excluding carboxylic acids is 1. The molecule has 138 valence electrons. The van der Waals surface area contributed by atoms with E-state index in [2.05, 4.69) is 9.97 Å². The van der Waals surface area contributed by atoms with Crippen LogP contribution in [0.25, 0.3) is 0 Å². The van der Waals surface area contributed by atoms with Crippen LogP contribution in [0.3, 0.4) is 0 Å². The fraction of sp³-hybridized carbons (Fsp3) is 0.312. The quantitative estimate of drug-likeness (QED) is 0.232. The van der Waals surface area contributed by atoms with Crippen molar-refractivity contribution in [2.24, 2.45) is 0 Å². The number of hydrogen-bond acceptors (Lipinski definition) is 7. The highest BCUT2D eigenvalue weighted by molar-refractivity contribution is 7.98. The lowest BCUT2D eigenvalue weighted by Gasteiger charge is -2.11. The van der Waals surface area contributed by atoms with Crippen molar-refractivity contribution in [3.8, 4) is 11.6 Å². The summed E-state index contributed by atoms with van der Waals surface area (Å²) in [5, 5.41) is 11.2. The van der Waals surface area contributed by atoms with Crippen molar-refractivity contribution >= 4 is 35.0 Å². The predicted molar refractivity (Wildman–Crippen MR) is 99.0 cm³/mol. The second kappa shape index (κ2) is 8.81. The Morgan fingerprint density at radius 1 is 1.38 bits per heavy atom. The van der Waals surface area contributed by atoms with E-state index in [1.54, 1.807) is 38.6 Å². The average molecular weight is 397 g/mol. The van der Waals surface area contributed by atoms with Gasteiger partial charge in [-0.05, 0) is 30.4 Å². The molecule has 2 aromatic rings. The van der Waals surface area contributed by atoms with Crippen LogP contribution in [0.5, 0.6) is 11.6 Å². The maximum Gasteiger partial charge on any atom is 0.368 e. The number of benzene rings is 1. The molecule has 0 atom stereocenters. The Balaban J connectivity index is 2.26. The van der Waals surface area contributed by atoms with Gasteiger partial charge in [0, 0.05) is 20.5 Å². The van der Waals surface area contributed by atoms with Crippen LogP contribution in [0.15, 0.2) is 29.4 Å². The zero-order chi connectivity index (χ0) is 19.3. The van der Waals surface area contributed by atoms with Crippen molar-refractivity contribution in [2.75, 3.05) is 20.4 Å². The van der Waals surface area contributed by atoms with Gasteiger partial charge in [-0.25, -0.2) is 4.98 Å². The van der Waals surface area contributed by atoms with Gasteiger partial charge in [0.05, 0.1) is 4.92 Å². The van der Waals surface area contributed by atoms with E-state index in [9.17, 15) is 14.9 Å². The van der Waals surface area contributed by atoms with E-state index >= 15 is 0 Å². The minimum Gasteiger partial charge on any atom is -0.434 e. The van der Waals surface area contributed by atoms with Gasteiger partial charge in [0.2, 0.25) is 11.1 Å². The van der Waals surface area contributed by atoms with Crippen LogP contribution in [0, 0.1) is 10.1 Å². The van der Waals surface area contributed by atoms with E-state index in [1.165, 1.54) is 16.7 Å². The standard InChI is InChI=1S/C16H17ClN4O4S/c1-20(2)12(22)8-7-10-5-4-6-11(9-10)25-15-13(21(23)24)14(17)18-16(19-15)26-3/h4-6,9H,7-8H2,1-3H3. The number of rotatable bonds is 7. The molecule has 1 amide bonds. The average Bonchev–Trinajstić information content (AvgIpc) is 2.59. The van der Waals surface area contributed by atoms with Crippen LogP contribution < -0.4 is 4.74 Å². The first-order valence-corrected chi connectivity index (χ1v) is 9.15. The van der Waals surface area contributed by atoms with Crippen LogP contribution in [-0.2, 0) is 11.2 Å². The molecule has 8 nitrogen and oxygen atoms in total. The Kier molecular flexibility index (Phi) is 6.76. The van der Waals surface area contributed by atoms with Crippen LogP contribution in [-0.4, -0.2) is 46.0 Å². The highest BCUT2D eigenvalue weighted by Crippen LogP contribution is 2.36. The van der Waals surface area contributed by atoms with Crippen molar-refractivity contribution < 1.29 is 14.5 Å². The zero-order valence-corrected chi connectivity index (χ0v) is 16.0. The van der Waals surface area contributed by atoms with Gasteiger partial charge in [-0.3, -0.25) is 14.9 Å². The van der Waals surface area contributed by atoms with Gasteiger partial charge in [0.25, 0.3) is 0 Å². The molecule has 10 heteroatoms. The minimum absolute atomic E-state index is 0.0131. The Bertz CT molecular complexity index is 832. The summed E-state index contributed by atoms with van der Waals surface area (Å²) in [6.07, 6.45) is 2.60. The van der Waals surface area contributed by atoms with Crippen molar-refractivity contribution in [3.05, 3.63) is 45.1 Å². The van der Waals surface area contributed by atoms with E-state index < -0.39 is 10.6 Å². The van der Waals surface area contributed by atoms with E-state index in [1.807, 2.05) is 6.07 Å². The molecule has 2 rings (SSSR count). The van der Waals surface area contributed by atoms with E-state index in [4.69, 9.17) is 16.3 Å². The number of thioether (sulfide) groups is 1. The summed E-state index contributed by atoms with van der Waals surface area (Å²) >= 11 is 7.09. The van der Waals surface area contributed by atoms with Crippen LogP contribution in [0.2, 0.25) is 5.15 Å². The number of nitrogens with zero attached hydrogens (tertiary/aromatic N) is 4. The first kappa shape index (κ1) is 19.9. The van der Waals surface area contributed by atoms with Gasteiger partial charge in [0.1, 0.15) is 5.75 Å². The molecular weight excluding hydrogens is 380 g/mol. The van der Waals surface area contributed by atoms with Crippen molar-refractivity contribution in [2.45, 2.75) is 18.0 Å². The van der Waals surface area contributed by atoms with Gasteiger partial charge in [-0.15, -0.1) is 0 Å². The SMILES string of the molecule is CSc1nc(Cl)c([N+](=O)[O-])c(Oc2cccc(CCC(=O)N(C)C)c2)n1. The molecule has 1 heterocycles. The normalized spacial score (nSPS) is 10.5. The molecule has 0 radical (unpaired) electrons. The van der Waals surface area contributed by atoms with Crippen molar-refractivity contribution in [1.82, 2.24) is 14.9 Å². The molecule has 1 aromatic carbocycles. The third-order valence-corrected chi connectivity index (χ3v) is 4.20. The molecule has 26 heavy (non-hydrogen) atoms. The summed E-state index contributed by atoms with van der Waals surface area (Å²) < 4.78 is 5.60. The predicted octanol–water partition coefficient (Wildman–Crippen LogP) is 3.57. The van der Waals surface area contributed by atoms with Gasteiger partial charge < -0.3 is 9.64 Å². The molecule has 0 spiro atoms. The van der Waals surface area contributed by atoms with E-state index in [-0.39, 0.29) is 22.1 Å². The second-order valence-electron chi connectivity index (χ2n) is 5.45. The maximum absolute atomic E-state index is 11.7. The summed E-state index contributed by atoms with van der Waals surface area (Å²) in [6.45, 7) is 0. The van der Waals surface area contributed by atoms with Gasteiger partial charge in [0.15, 0.2) is 5.16 Å². The minimum atomic E-state index is -0.679. The molecule has 0 aliphatic heterocycles. The van der Waals surface area contributed by atoms with Crippen LogP contribution in [0.4, 0.5) is 5.69 Å². The van der Waals surface area contributed by atoms with E-state index in [0.717, 1.165) is 5.56 Å². The van der Waals surface area contributed by atoms with Crippen molar-refractivity contribution in [1.29, 1.82) is 0 Å². The molecule has 0 saturated carbocycles. The largest absolute Gasteiger partial charge is 0.434 e. The Hall–Kier alpha value is -2.39.